The molecule has 0 aliphatic carbocycles. The van der Waals surface area contributed by atoms with E-state index in [1.54, 1.807) is 48.5 Å². The molecular formula is C18H19NO3. The molecular weight excluding hydrogens is 278 g/mol. The Morgan fingerprint density at radius 1 is 0.955 bits per heavy atom. The molecule has 0 unspecified atom stereocenters. The first-order valence-electron chi connectivity index (χ1n) is 7.25. The third kappa shape index (κ3) is 4.19. The Labute approximate surface area is 130 Å². The molecule has 114 valence electrons. The number of amides is 1. The summed E-state index contributed by atoms with van der Waals surface area (Å²) >= 11 is 0. The number of ketones is 1. The summed E-state index contributed by atoms with van der Waals surface area (Å²) in [5, 5.41) is 2.80. The van der Waals surface area contributed by atoms with E-state index < -0.39 is 0 Å². The van der Waals surface area contributed by atoms with Gasteiger partial charge in [0.15, 0.2) is 5.78 Å². The molecule has 0 spiro atoms. The Balaban J connectivity index is 2.00. The number of carbonyl (C=O) groups excluding carboxylic acids is 2. The highest BCUT2D eigenvalue weighted by atomic mass is 16.5. The molecule has 1 amide bonds. The fourth-order valence-corrected chi connectivity index (χ4v) is 1.91. The van der Waals surface area contributed by atoms with Crippen LogP contribution in [0.2, 0.25) is 0 Å². The van der Waals surface area contributed by atoms with E-state index in [1.165, 1.54) is 6.92 Å². The van der Waals surface area contributed by atoms with Gasteiger partial charge in [0.25, 0.3) is 5.91 Å². The van der Waals surface area contributed by atoms with Crippen molar-refractivity contribution in [3.05, 3.63) is 59.7 Å². The third-order valence-electron chi connectivity index (χ3n) is 3.14. The Morgan fingerprint density at radius 3 is 2.09 bits per heavy atom. The van der Waals surface area contributed by atoms with E-state index in [2.05, 4.69) is 5.32 Å². The van der Waals surface area contributed by atoms with Crippen molar-refractivity contribution in [3.63, 3.8) is 0 Å². The highest BCUT2D eigenvalue weighted by molar-refractivity contribution is 6.04. The molecule has 22 heavy (non-hydrogen) atoms. The summed E-state index contributed by atoms with van der Waals surface area (Å²) in [5.74, 6) is 0.558. The molecule has 0 saturated heterocycles. The standard InChI is InChI=1S/C18H19NO3/c1-3-12-22-17-10-6-15(7-11-17)18(21)19-16-8-4-14(5-9-16)13(2)20/h4-11H,3,12H2,1-2H3,(H,19,21). The van der Waals surface area contributed by atoms with Crippen molar-refractivity contribution in [1.82, 2.24) is 0 Å². The molecule has 2 aromatic rings. The van der Waals surface area contributed by atoms with Crippen molar-refractivity contribution in [3.8, 4) is 5.75 Å². The lowest BCUT2D eigenvalue weighted by Gasteiger charge is -2.07. The lowest BCUT2D eigenvalue weighted by molar-refractivity contribution is 0.101. The van der Waals surface area contributed by atoms with Crippen molar-refractivity contribution in [2.24, 2.45) is 0 Å². The van der Waals surface area contributed by atoms with Crippen LogP contribution in [-0.2, 0) is 0 Å². The molecule has 0 fully saturated rings. The van der Waals surface area contributed by atoms with Crippen LogP contribution in [0.25, 0.3) is 0 Å². The topological polar surface area (TPSA) is 55.4 Å². The second kappa shape index (κ2) is 7.41. The van der Waals surface area contributed by atoms with Crippen LogP contribution in [-0.4, -0.2) is 18.3 Å². The van der Waals surface area contributed by atoms with Gasteiger partial charge in [-0.2, -0.15) is 0 Å². The predicted octanol–water partition coefficient (Wildman–Crippen LogP) is 3.93. The summed E-state index contributed by atoms with van der Waals surface area (Å²) in [7, 11) is 0. The van der Waals surface area contributed by atoms with E-state index in [-0.39, 0.29) is 11.7 Å². The minimum atomic E-state index is -0.197. The quantitative estimate of drug-likeness (QED) is 0.822. The monoisotopic (exact) mass is 297 g/mol. The molecule has 2 aromatic carbocycles. The number of anilines is 1. The van der Waals surface area contributed by atoms with Gasteiger partial charge >= 0.3 is 0 Å². The summed E-state index contributed by atoms with van der Waals surface area (Å²) in [6.45, 7) is 4.21. The second-order valence-electron chi connectivity index (χ2n) is 4.96. The van der Waals surface area contributed by atoms with Crippen molar-refractivity contribution >= 4 is 17.4 Å². The molecule has 0 saturated carbocycles. The number of hydrogen-bond acceptors (Lipinski definition) is 3. The average Bonchev–Trinajstić information content (AvgIpc) is 2.54. The lowest BCUT2D eigenvalue weighted by atomic mass is 10.1. The van der Waals surface area contributed by atoms with Crippen LogP contribution in [0.4, 0.5) is 5.69 Å². The smallest absolute Gasteiger partial charge is 0.255 e. The predicted molar refractivity (Wildman–Crippen MR) is 86.6 cm³/mol. The van der Waals surface area contributed by atoms with Gasteiger partial charge < -0.3 is 10.1 Å². The Kier molecular flexibility index (Phi) is 5.31. The van der Waals surface area contributed by atoms with Gasteiger partial charge in [-0.25, -0.2) is 0 Å². The van der Waals surface area contributed by atoms with E-state index in [4.69, 9.17) is 4.74 Å². The molecule has 0 radical (unpaired) electrons. The van der Waals surface area contributed by atoms with Gasteiger partial charge in [0.1, 0.15) is 5.75 Å². The number of nitrogens with one attached hydrogen (secondary N) is 1. The summed E-state index contributed by atoms with van der Waals surface area (Å²) < 4.78 is 5.48. The Bertz CT molecular complexity index is 645. The number of hydrogen-bond donors (Lipinski definition) is 1. The maximum Gasteiger partial charge on any atom is 0.255 e. The maximum atomic E-state index is 12.1. The van der Waals surface area contributed by atoms with E-state index in [0.717, 1.165) is 12.2 Å². The zero-order valence-electron chi connectivity index (χ0n) is 12.8. The first kappa shape index (κ1) is 15.8. The highest BCUT2D eigenvalue weighted by Crippen LogP contribution is 2.15. The molecule has 2 rings (SSSR count). The van der Waals surface area contributed by atoms with Gasteiger partial charge in [-0.15, -0.1) is 0 Å². The SMILES string of the molecule is CCCOc1ccc(C(=O)Nc2ccc(C(C)=O)cc2)cc1. The molecule has 1 N–H and O–H groups in total. The van der Waals surface area contributed by atoms with Crippen molar-refractivity contribution < 1.29 is 14.3 Å². The van der Waals surface area contributed by atoms with Crippen molar-refractivity contribution in [1.29, 1.82) is 0 Å². The molecule has 0 aliphatic rings. The van der Waals surface area contributed by atoms with Gasteiger partial charge in [-0.3, -0.25) is 9.59 Å². The third-order valence-corrected chi connectivity index (χ3v) is 3.14. The molecule has 0 bridgehead atoms. The molecule has 0 aliphatic heterocycles. The summed E-state index contributed by atoms with van der Waals surface area (Å²) in [4.78, 5) is 23.3. The number of Topliss-reactive ketones (excluding diaryl/α,β-unsaturated/α-hetero) is 1. The van der Waals surface area contributed by atoms with Crippen LogP contribution in [0.1, 0.15) is 41.0 Å². The molecule has 0 heterocycles. The van der Waals surface area contributed by atoms with Crippen LogP contribution in [0.15, 0.2) is 48.5 Å². The van der Waals surface area contributed by atoms with E-state index in [9.17, 15) is 9.59 Å². The Morgan fingerprint density at radius 2 is 1.55 bits per heavy atom. The zero-order chi connectivity index (χ0) is 15.9. The van der Waals surface area contributed by atoms with E-state index >= 15 is 0 Å². The number of ether oxygens (including phenoxy) is 1. The fourth-order valence-electron chi connectivity index (χ4n) is 1.91. The minimum Gasteiger partial charge on any atom is -0.494 e. The molecule has 4 nitrogen and oxygen atoms in total. The largest absolute Gasteiger partial charge is 0.494 e. The van der Waals surface area contributed by atoms with Gasteiger partial charge in [-0.1, -0.05) is 6.92 Å². The van der Waals surface area contributed by atoms with Crippen molar-refractivity contribution in [2.75, 3.05) is 11.9 Å². The minimum absolute atomic E-state index is 0.000504. The van der Waals surface area contributed by atoms with Crippen LogP contribution in [0.5, 0.6) is 5.75 Å². The molecule has 0 aromatic heterocycles. The van der Waals surface area contributed by atoms with Crippen LogP contribution in [0.3, 0.4) is 0 Å². The van der Waals surface area contributed by atoms with Crippen LogP contribution >= 0.6 is 0 Å². The fraction of sp³-hybridized carbons (Fsp3) is 0.222. The average molecular weight is 297 g/mol. The first-order valence-corrected chi connectivity index (χ1v) is 7.25. The van der Waals surface area contributed by atoms with E-state index in [1.807, 2.05) is 6.92 Å². The van der Waals surface area contributed by atoms with Crippen molar-refractivity contribution in [2.45, 2.75) is 20.3 Å². The van der Waals surface area contributed by atoms with Crippen LogP contribution in [0, 0.1) is 0 Å². The Hall–Kier alpha value is -2.62. The maximum absolute atomic E-state index is 12.1. The van der Waals surface area contributed by atoms with Gasteiger partial charge in [0, 0.05) is 16.8 Å². The number of rotatable bonds is 6. The normalized spacial score (nSPS) is 10.1. The zero-order valence-corrected chi connectivity index (χ0v) is 12.8. The van der Waals surface area contributed by atoms with Gasteiger partial charge in [-0.05, 0) is 61.9 Å². The van der Waals surface area contributed by atoms with Gasteiger partial charge in [0.2, 0.25) is 0 Å². The van der Waals surface area contributed by atoms with Crippen LogP contribution < -0.4 is 10.1 Å². The highest BCUT2D eigenvalue weighted by Gasteiger charge is 2.07. The number of carbonyl (C=O) groups is 2. The summed E-state index contributed by atoms with van der Waals surface area (Å²) in [5.41, 5.74) is 1.83. The number of benzene rings is 2. The van der Waals surface area contributed by atoms with E-state index in [0.29, 0.717) is 23.4 Å². The summed E-state index contributed by atoms with van der Waals surface area (Å²) in [6, 6.07) is 13.8. The molecule has 4 heteroatoms. The molecule has 0 atom stereocenters. The second-order valence-corrected chi connectivity index (χ2v) is 4.96. The summed E-state index contributed by atoms with van der Waals surface area (Å²) in [6.07, 6.45) is 0.943. The lowest BCUT2D eigenvalue weighted by Crippen LogP contribution is -2.11. The first-order chi connectivity index (χ1) is 10.6. The van der Waals surface area contributed by atoms with Gasteiger partial charge in [0.05, 0.1) is 6.61 Å².